The van der Waals surface area contributed by atoms with Gasteiger partial charge in [-0.05, 0) is 24.1 Å². The van der Waals surface area contributed by atoms with E-state index in [9.17, 15) is 29.6 Å². The second-order valence-electron chi connectivity index (χ2n) is 6.76. The number of nitro groups is 1. The van der Waals surface area contributed by atoms with E-state index in [0.717, 1.165) is 4.90 Å². The van der Waals surface area contributed by atoms with E-state index in [-0.39, 0.29) is 30.0 Å². The summed E-state index contributed by atoms with van der Waals surface area (Å²) in [6.07, 6.45) is -1.26. The normalized spacial score (nSPS) is 18.5. The molecule has 0 aromatic heterocycles. The number of nitro benzene ring substituents is 1. The number of non-ortho nitro benzene ring substituents is 1. The number of benzene rings is 1. The van der Waals surface area contributed by atoms with Crippen molar-refractivity contribution in [1.82, 2.24) is 10.2 Å². The fraction of sp³-hybridized carbons (Fsp3) is 0.474. The summed E-state index contributed by atoms with van der Waals surface area (Å²) in [7, 11) is 0. The highest BCUT2D eigenvalue weighted by atomic mass is 32.2. The van der Waals surface area contributed by atoms with Crippen LogP contribution in [0.15, 0.2) is 24.3 Å². The third-order valence-electron chi connectivity index (χ3n) is 4.55. The van der Waals surface area contributed by atoms with Gasteiger partial charge in [0.05, 0.1) is 16.2 Å². The predicted molar refractivity (Wildman–Crippen MR) is 125 cm³/mol. The van der Waals surface area contributed by atoms with Crippen LogP contribution in [0.5, 0.6) is 0 Å². The molecule has 1 aliphatic heterocycles. The van der Waals surface area contributed by atoms with E-state index < -0.39 is 22.5 Å². The lowest BCUT2D eigenvalue weighted by molar-refractivity contribution is -0.384. The van der Waals surface area contributed by atoms with E-state index >= 15 is 0 Å². The number of thioether (sulfide) groups is 2. The van der Waals surface area contributed by atoms with Gasteiger partial charge in [0.15, 0.2) is 0 Å². The van der Waals surface area contributed by atoms with Crippen molar-refractivity contribution in [2.24, 2.45) is 5.92 Å². The second kappa shape index (κ2) is 12.1. The number of carbonyl (C=O) groups is 3. The Balaban J connectivity index is 1.90. The molecule has 2 amide bonds. The summed E-state index contributed by atoms with van der Waals surface area (Å²) in [6.45, 7) is 3.49. The molecule has 0 bridgehead atoms. The maximum Gasteiger partial charge on any atom is 0.356 e. The Labute approximate surface area is 198 Å². The number of esters is 1. The Morgan fingerprint density at radius 2 is 2.03 bits per heavy atom. The van der Waals surface area contributed by atoms with Gasteiger partial charge in [0, 0.05) is 31.4 Å². The van der Waals surface area contributed by atoms with E-state index in [4.69, 9.17) is 17.0 Å². The maximum atomic E-state index is 12.4. The molecule has 1 saturated heterocycles. The van der Waals surface area contributed by atoms with Crippen LogP contribution in [0.2, 0.25) is 0 Å². The van der Waals surface area contributed by atoms with E-state index in [2.05, 4.69) is 5.32 Å². The third-order valence-corrected chi connectivity index (χ3v) is 7.46. The fourth-order valence-electron chi connectivity index (χ4n) is 2.88. The van der Waals surface area contributed by atoms with E-state index in [1.807, 2.05) is 6.92 Å². The first-order valence-corrected chi connectivity index (χ1v) is 11.9. The average Bonchev–Trinajstić information content (AvgIpc) is 2.75. The molecular formula is C19H23N3O7S3. The lowest BCUT2D eigenvalue weighted by atomic mass is 9.95. The van der Waals surface area contributed by atoms with Gasteiger partial charge in [-0.2, -0.15) is 0 Å². The first-order valence-electron chi connectivity index (χ1n) is 9.63. The zero-order valence-electron chi connectivity index (χ0n) is 17.4. The summed E-state index contributed by atoms with van der Waals surface area (Å²) in [5, 5.41) is 23.3. The van der Waals surface area contributed by atoms with Crippen LogP contribution >= 0.6 is 35.7 Å². The summed E-state index contributed by atoms with van der Waals surface area (Å²) in [5.41, 5.74) is 0.405. The zero-order valence-corrected chi connectivity index (χ0v) is 19.8. The molecule has 32 heavy (non-hydrogen) atoms. The standard InChI is InChI=1S/C19H23N3O7S3/c1-3-14-15(24)21(17(14)32-19(30)31-9-8-20-11(2)23)16(25)18(26)29-10-12-4-6-13(7-5-12)22(27)28/h4-7,14,16-17,25H,3,8-10H2,1-2H3,(H,20,23). The molecule has 1 aliphatic rings. The van der Waals surface area contributed by atoms with Crippen molar-refractivity contribution < 1.29 is 29.2 Å². The highest BCUT2D eigenvalue weighted by Crippen LogP contribution is 2.41. The molecule has 2 rings (SSSR count). The highest BCUT2D eigenvalue weighted by molar-refractivity contribution is 8.47. The summed E-state index contributed by atoms with van der Waals surface area (Å²) in [5.74, 6) is -1.33. The predicted octanol–water partition coefficient (Wildman–Crippen LogP) is 2.04. The van der Waals surface area contributed by atoms with Crippen LogP contribution < -0.4 is 5.32 Å². The molecule has 0 radical (unpaired) electrons. The Bertz CT molecular complexity index is 881. The van der Waals surface area contributed by atoms with Gasteiger partial charge >= 0.3 is 5.97 Å². The number of thiocarbonyl (C=S) groups is 1. The zero-order chi connectivity index (χ0) is 23.8. The van der Waals surface area contributed by atoms with Gasteiger partial charge < -0.3 is 15.2 Å². The number of β-lactam (4-membered cyclic amide) rings is 1. The van der Waals surface area contributed by atoms with Crippen molar-refractivity contribution in [3.05, 3.63) is 39.9 Å². The number of hydrogen-bond acceptors (Lipinski definition) is 10. The van der Waals surface area contributed by atoms with Gasteiger partial charge in [-0.3, -0.25) is 24.6 Å². The Morgan fingerprint density at radius 3 is 2.59 bits per heavy atom. The van der Waals surface area contributed by atoms with Gasteiger partial charge in [-0.25, -0.2) is 4.79 Å². The number of likely N-dealkylation sites (tertiary alicyclic amines) is 1. The number of aliphatic hydroxyl groups is 1. The van der Waals surface area contributed by atoms with Crippen molar-refractivity contribution in [2.45, 2.75) is 38.5 Å². The Kier molecular flexibility index (Phi) is 9.87. The Morgan fingerprint density at radius 1 is 1.38 bits per heavy atom. The van der Waals surface area contributed by atoms with Crippen molar-refractivity contribution >= 4 is 62.7 Å². The van der Waals surface area contributed by atoms with Gasteiger partial charge in [0.1, 0.15) is 10.1 Å². The molecule has 1 fully saturated rings. The molecule has 0 aliphatic carbocycles. The van der Waals surface area contributed by atoms with Crippen molar-refractivity contribution in [3.63, 3.8) is 0 Å². The maximum absolute atomic E-state index is 12.4. The third kappa shape index (κ3) is 6.89. The van der Waals surface area contributed by atoms with Gasteiger partial charge in [-0.15, -0.1) is 11.8 Å². The number of aliphatic hydroxyl groups excluding tert-OH is 1. The monoisotopic (exact) mass is 501 g/mol. The molecular weight excluding hydrogens is 478 g/mol. The minimum Gasteiger partial charge on any atom is -0.457 e. The molecule has 174 valence electrons. The lowest BCUT2D eigenvalue weighted by Gasteiger charge is -2.47. The molecule has 1 aromatic rings. The van der Waals surface area contributed by atoms with Crippen LogP contribution in [0.3, 0.4) is 0 Å². The van der Waals surface area contributed by atoms with E-state index in [1.165, 1.54) is 54.7 Å². The topological polar surface area (TPSA) is 139 Å². The largest absolute Gasteiger partial charge is 0.457 e. The fourth-order valence-corrected chi connectivity index (χ4v) is 5.61. The van der Waals surface area contributed by atoms with Crippen molar-refractivity contribution in [1.29, 1.82) is 0 Å². The summed E-state index contributed by atoms with van der Waals surface area (Å²) in [6, 6.07) is 5.44. The number of nitrogens with one attached hydrogen (secondary N) is 1. The molecule has 0 spiro atoms. The van der Waals surface area contributed by atoms with Crippen LogP contribution in [0, 0.1) is 16.0 Å². The molecule has 1 aromatic carbocycles. The van der Waals surface area contributed by atoms with Crippen LogP contribution in [0.25, 0.3) is 0 Å². The smallest absolute Gasteiger partial charge is 0.356 e. The van der Waals surface area contributed by atoms with Gasteiger partial charge in [-0.1, -0.05) is 30.9 Å². The second-order valence-corrected chi connectivity index (χ2v) is 10.2. The molecule has 3 atom stereocenters. The number of ether oxygens (including phenoxy) is 1. The number of carbonyl (C=O) groups excluding carboxylic acids is 3. The summed E-state index contributed by atoms with van der Waals surface area (Å²) >= 11 is 7.88. The number of rotatable bonds is 10. The van der Waals surface area contributed by atoms with Crippen LogP contribution in [0.1, 0.15) is 25.8 Å². The average molecular weight is 502 g/mol. The summed E-state index contributed by atoms with van der Waals surface area (Å²) < 4.78 is 5.61. The first-order chi connectivity index (χ1) is 15.1. The molecule has 0 saturated carbocycles. The van der Waals surface area contributed by atoms with Gasteiger partial charge in [0.25, 0.3) is 5.69 Å². The molecule has 1 heterocycles. The first kappa shape index (κ1) is 26.0. The Hall–Kier alpha value is -2.22. The summed E-state index contributed by atoms with van der Waals surface area (Å²) in [4.78, 5) is 46.8. The van der Waals surface area contributed by atoms with Crippen LogP contribution in [0.4, 0.5) is 5.69 Å². The van der Waals surface area contributed by atoms with E-state index in [0.29, 0.717) is 27.8 Å². The molecule has 3 unspecified atom stereocenters. The van der Waals surface area contributed by atoms with Crippen molar-refractivity contribution in [2.75, 3.05) is 12.3 Å². The number of nitrogens with zero attached hydrogens (tertiary/aromatic N) is 2. The van der Waals surface area contributed by atoms with Crippen LogP contribution in [-0.4, -0.2) is 60.1 Å². The molecule has 10 nitrogen and oxygen atoms in total. The number of amides is 2. The molecule has 2 N–H and O–H groups in total. The van der Waals surface area contributed by atoms with E-state index in [1.54, 1.807) is 0 Å². The molecule has 13 heteroatoms. The highest BCUT2D eigenvalue weighted by Gasteiger charge is 2.52. The SMILES string of the molecule is CCC1C(=O)N(C(O)C(=O)OCc2ccc([N+](=O)[O-])cc2)C1SC(=S)SCCNC(C)=O. The van der Waals surface area contributed by atoms with Gasteiger partial charge in [0.2, 0.25) is 18.0 Å². The minimum atomic E-state index is -1.78. The minimum absolute atomic E-state index is 0.0947. The quantitative estimate of drug-likeness (QED) is 0.122. The lowest BCUT2D eigenvalue weighted by Crippen LogP contribution is -2.65. The van der Waals surface area contributed by atoms with Crippen LogP contribution in [-0.2, 0) is 25.7 Å². The van der Waals surface area contributed by atoms with Crippen molar-refractivity contribution in [3.8, 4) is 0 Å². The number of hydrogen-bond donors (Lipinski definition) is 2.